The predicted molar refractivity (Wildman–Crippen MR) is 83.7 cm³/mol. The summed E-state index contributed by atoms with van der Waals surface area (Å²) in [7, 11) is 0. The van der Waals surface area contributed by atoms with Crippen LogP contribution >= 0.6 is 0 Å². The standard InChI is InChI=1S/C17H20N2O2/c1-2-13(9-11-7-8-11)18-16-14-6-4-3-5-12(14)10-15(19-16)17(20)21/h3-6,10-11,13H,2,7-9H2,1H3,(H,18,19)(H,20,21). The number of anilines is 1. The summed E-state index contributed by atoms with van der Waals surface area (Å²) in [4.78, 5) is 15.6. The molecule has 1 aromatic heterocycles. The van der Waals surface area contributed by atoms with E-state index in [0.717, 1.165) is 29.5 Å². The number of nitrogens with zero attached hydrogens (tertiary/aromatic N) is 1. The summed E-state index contributed by atoms with van der Waals surface area (Å²) in [6.07, 6.45) is 4.80. The number of hydrogen-bond acceptors (Lipinski definition) is 3. The molecule has 2 N–H and O–H groups in total. The van der Waals surface area contributed by atoms with Gasteiger partial charge in [-0.05, 0) is 30.2 Å². The lowest BCUT2D eigenvalue weighted by atomic mass is 10.1. The molecule has 1 atom stereocenters. The zero-order valence-corrected chi connectivity index (χ0v) is 12.2. The first kappa shape index (κ1) is 13.9. The maximum Gasteiger partial charge on any atom is 0.354 e. The highest BCUT2D eigenvalue weighted by molar-refractivity contribution is 5.97. The number of rotatable bonds is 6. The number of benzene rings is 1. The lowest BCUT2D eigenvalue weighted by molar-refractivity contribution is 0.0691. The van der Waals surface area contributed by atoms with E-state index >= 15 is 0 Å². The van der Waals surface area contributed by atoms with Crippen molar-refractivity contribution in [1.29, 1.82) is 0 Å². The maximum atomic E-state index is 11.2. The molecule has 0 bridgehead atoms. The van der Waals surface area contributed by atoms with E-state index < -0.39 is 5.97 Å². The SMILES string of the molecule is CCC(CC1CC1)Nc1nc(C(=O)O)cc2ccccc12. The van der Waals surface area contributed by atoms with Crippen LogP contribution in [0.3, 0.4) is 0 Å². The minimum absolute atomic E-state index is 0.0949. The number of aromatic carboxylic acids is 1. The predicted octanol–water partition coefficient (Wildman–Crippen LogP) is 3.92. The summed E-state index contributed by atoms with van der Waals surface area (Å²) in [5.41, 5.74) is 0.0949. The summed E-state index contributed by atoms with van der Waals surface area (Å²) in [6.45, 7) is 2.16. The van der Waals surface area contributed by atoms with Crippen molar-refractivity contribution in [2.75, 3.05) is 5.32 Å². The molecule has 0 saturated heterocycles. The molecular weight excluding hydrogens is 264 g/mol. The molecule has 1 saturated carbocycles. The fourth-order valence-corrected chi connectivity index (χ4v) is 2.70. The van der Waals surface area contributed by atoms with Crippen LogP contribution in [0, 0.1) is 5.92 Å². The van der Waals surface area contributed by atoms with Gasteiger partial charge in [0, 0.05) is 11.4 Å². The van der Waals surface area contributed by atoms with Crippen LogP contribution in [-0.4, -0.2) is 22.1 Å². The van der Waals surface area contributed by atoms with Crippen molar-refractivity contribution in [3.8, 4) is 0 Å². The van der Waals surface area contributed by atoms with Crippen LogP contribution in [0.5, 0.6) is 0 Å². The van der Waals surface area contributed by atoms with Gasteiger partial charge in [0.25, 0.3) is 0 Å². The molecule has 1 aromatic carbocycles. The quantitative estimate of drug-likeness (QED) is 0.844. The molecule has 1 unspecified atom stereocenters. The second-order valence-electron chi connectivity index (χ2n) is 5.81. The largest absolute Gasteiger partial charge is 0.477 e. The number of hydrogen-bond donors (Lipinski definition) is 2. The van der Waals surface area contributed by atoms with E-state index in [2.05, 4.69) is 17.2 Å². The van der Waals surface area contributed by atoms with Crippen LogP contribution in [0.25, 0.3) is 10.8 Å². The van der Waals surface area contributed by atoms with Crippen LogP contribution in [0.4, 0.5) is 5.82 Å². The number of carboxylic acid groups (broad SMARTS) is 1. The minimum Gasteiger partial charge on any atom is -0.477 e. The highest BCUT2D eigenvalue weighted by Crippen LogP contribution is 2.35. The molecule has 1 aliphatic rings. The van der Waals surface area contributed by atoms with Gasteiger partial charge < -0.3 is 10.4 Å². The molecule has 1 aliphatic carbocycles. The number of carbonyl (C=O) groups is 1. The molecular formula is C17H20N2O2. The first-order valence-corrected chi connectivity index (χ1v) is 7.57. The second-order valence-corrected chi connectivity index (χ2v) is 5.81. The summed E-state index contributed by atoms with van der Waals surface area (Å²) in [5, 5.41) is 14.6. The average molecular weight is 284 g/mol. The van der Waals surface area contributed by atoms with E-state index in [1.54, 1.807) is 6.07 Å². The van der Waals surface area contributed by atoms with Gasteiger partial charge in [0.1, 0.15) is 5.82 Å². The third kappa shape index (κ3) is 3.15. The zero-order valence-electron chi connectivity index (χ0n) is 12.2. The Morgan fingerprint density at radius 1 is 1.43 bits per heavy atom. The molecule has 0 amide bonds. The number of pyridine rings is 1. The van der Waals surface area contributed by atoms with Gasteiger partial charge in [-0.1, -0.05) is 44.0 Å². The Morgan fingerprint density at radius 3 is 2.86 bits per heavy atom. The van der Waals surface area contributed by atoms with E-state index in [1.165, 1.54) is 12.8 Å². The van der Waals surface area contributed by atoms with E-state index in [0.29, 0.717) is 11.9 Å². The molecule has 4 nitrogen and oxygen atoms in total. The number of aromatic nitrogens is 1. The van der Waals surface area contributed by atoms with Gasteiger partial charge in [0.05, 0.1) is 0 Å². The highest BCUT2D eigenvalue weighted by Gasteiger charge is 2.25. The normalized spacial score (nSPS) is 15.9. The van der Waals surface area contributed by atoms with E-state index in [4.69, 9.17) is 0 Å². The van der Waals surface area contributed by atoms with Gasteiger partial charge in [-0.25, -0.2) is 9.78 Å². The molecule has 0 aliphatic heterocycles. The van der Waals surface area contributed by atoms with Crippen molar-refractivity contribution in [2.24, 2.45) is 5.92 Å². The number of nitrogens with one attached hydrogen (secondary N) is 1. The molecule has 4 heteroatoms. The van der Waals surface area contributed by atoms with E-state index in [1.807, 2.05) is 24.3 Å². The Hall–Kier alpha value is -2.10. The molecule has 0 spiro atoms. The lowest BCUT2D eigenvalue weighted by Crippen LogP contribution is -2.20. The first-order chi connectivity index (χ1) is 10.2. The Labute approximate surface area is 124 Å². The number of carboxylic acids is 1. The van der Waals surface area contributed by atoms with Crippen molar-refractivity contribution in [2.45, 2.75) is 38.6 Å². The number of fused-ring (bicyclic) bond motifs is 1. The van der Waals surface area contributed by atoms with Gasteiger partial charge in [-0.3, -0.25) is 0 Å². The van der Waals surface area contributed by atoms with Gasteiger partial charge >= 0.3 is 5.97 Å². The molecule has 1 heterocycles. The summed E-state index contributed by atoms with van der Waals surface area (Å²) < 4.78 is 0. The summed E-state index contributed by atoms with van der Waals surface area (Å²) in [6, 6.07) is 9.77. The fraction of sp³-hybridized carbons (Fsp3) is 0.412. The van der Waals surface area contributed by atoms with Gasteiger partial charge in [-0.2, -0.15) is 0 Å². The lowest BCUT2D eigenvalue weighted by Gasteiger charge is -2.19. The zero-order chi connectivity index (χ0) is 14.8. The van der Waals surface area contributed by atoms with Crippen LogP contribution in [0.1, 0.15) is 43.1 Å². The van der Waals surface area contributed by atoms with Gasteiger partial charge in [0.15, 0.2) is 5.69 Å². The van der Waals surface area contributed by atoms with Crippen LogP contribution in [-0.2, 0) is 0 Å². The smallest absolute Gasteiger partial charge is 0.354 e. The average Bonchev–Trinajstić information content (AvgIpc) is 3.30. The van der Waals surface area contributed by atoms with Crippen molar-refractivity contribution in [3.63, 3.8) is 0 Å². The Morgan fingerprint density at radius 2 is 2.19 bits per heavy atom. The third-order valence-corrected chi connectivity index (χ3v) is 4.11. The first-order valence-electron chi connectivity index (χ1n) is 7.57. The van der Waals surface area contributed by atoms with Crippen molar-refractivity contribution in [1.82, 2.24) is 4.98 Å². The van der Waals surface area contributed by atoms with E-state index in [9.17, 15) is 9.90 Å². The summed E-state index contributed by atoms with van der Waals surface area (Å²) >= 11 is 0. The molecule has 21 heavy (non-hydrogen) atoms. The van der Waals surface area contributed by atoms with Crippen molar-refractivity contribution >= 4 is 22.6 Å². The molecule has 2 aromatic rings. The second kappa shape index (κ2) is 5.72. The van der Waals surface area contributed by atoms with Gasteiger partial charge in [-0.15, -0.1) is 0 Å². The van der Waals surface area contributed by atoms with Crippen LogP contribution < -0.4 is 5.32 Å². The minimum atomic E-state index is -0.987. The maximum absolute atomic E-state index is 11.2. The Kier molecular flexibility index (Phi) is 3.78. The highest BCUT2D eigenvalue weighted by atomic mass is 16.4. The van der Waals surface area contributed by atoms with Crippen LogP contribution in [0.15, 0.2) is 30.3 Å². The topological polar surface area (TPSA) is 62.2 Å². The monoisotopic (exact) mass is 284 g/mol. The van der Waals surface area contributed by atoms with Crippen LogP contribution in [0.2, 0.25) is 0 Å². The molecule has 0 radical (unpaired) electrons. The molecule has 1 fully saturated rings. The summed E-state index contributed by atoms with van der Waals surface area (Å²) in [5.74, 6) is 0.536. The van der Waals surface area contributed by atoms with Gasteiger partial charge in [0.2, 0.25) is 0 Å². The molecule has 3 rings (SSSR count). The van der Waals surface area contributed by atoms with Crippen molar-refractivity contribution < 1.29 is 9.90 Å². The fourth-order valence-electron chi connectivity index (χ4n) is 2.70. The van der Waals surface area contributed by atoms with Crippen molar-refractivity contribution in [3.05, 3.63) is 36.0 Å². The Balaban J connectivity index is 1.96. The molecule has 110 valence electrons. The third-order valence-electron chi connectivity index (χ3n) is 4.11. The Bertz CT molecular complexity index is 665. The van der Waals surface area contributed by atoms with E-state index in [-0.39, 0.29) is 5.69 Å².